The number of para-hydroxylation sites is 2. The number of hydrogen-bond donors (Lipinski definition) is 2. The normalized spacial score (nSPS) is 14.3. The number of benzene rings is 3. The number of nitrogens with zero attached hydrogens (tertiary/aromatic N) is 3. The number of hydrogen-bond acceptors (Lipinski definition) is 5. The molecule has 180 valence electrons. The molecule has 1 saturated heterocycles. The van der Waals surface area contributed by atoms with Crippen LogP contribution in [0.1, 0.15) is 15.9 Å². The lowest BCUT2D eigenvalue weighted by Gasteiger charge is -2.28. The molecule has 3 aromatic carbocycles. The molecule has 0 aliphatic carbocycles. The number of aromatic nitrogens is 2. The van der Waals surface area contributed by atoms with Gasteiger partial charge >= 0.3 is 5.97 Å². The lowest BCUT2D eigenvalue weighted by Crippen LogP contribution is -2.35. The molecule has 6 rings (SSSR count). The first-order valence-electron chi connectivity index (χ1n) is 12.0. The van der Waals surface area contributed by atoms with E-state index in [2.05, 4.69) is 51.3 Å². The summed E-state index contributed by atoms with van der Waals surface area (Å²) in [4.78, 5) is 19.0. The van der Waals surface area contributed by atoms with Gasteiger partial charge in [-0.05, 0) is 47.9 Å². The van der Waals surface area contributed by atoms with Gasteiger partial charge in [0.1, 0.15) is 0 Å². The average molecular weight is 479 g/mol. The number of rotatable bonds is 6. The summed E-state index contributed by atoms with van der Waals surface area (Å²) in [6, 6.07) is 23.6. The Hall–Kier alpha value is -4.20. The maximum Gasteiger partial charge on any atom is 0.337 e. The molecule has 0 radical (unpaired) electrons. The molecule has 1 aliphatic rings. The first kappa shape index (κ1) is 22.3. The van der Waals surface area contributed by atoms with Gasteiger partial charge < -0.3 is 19.7 Å². The molecule has 2 aromatic heterocycles. The van der Waals surface area contributed by atoms with Crippen LogP contribution in [-0.4, -0.2) is 51.8 Å². The van der Waals surface area contributed by atoms with E-state index < -0.39 is 5.97 Å². The van der Waals surface area contributed by atoms with Crippen molar-refractivity contribution in [1.82, 2.24) is 14.5 Å². The zero-order valence-corrected chi connectivity index (χ0v) is 19.7. The van der Waals surface area contributed by atoms with E-state index in [1.165, 1.54) is 5.39 Å². The molecule has 0 atom stereocenters. The fourth-order valence-corrected chi connectivity index (χ4v) is 4.86. The second kappa shape index (κ2) is 9.45. The van der Waals surface area contributed by atoms with Gasteiger partial charge in [-0.25, -0.2) is 4.79 Å². The van der Waals surface area contributed by atoms with Gasteiger partial charge in [-0.3, -0.25) is 9.88 Å². The van der Waals surface area contributed by atoms with Gasteiger partial charge in [0.05, 0.1) is 41.2 Å². The van der Waals surface area contributed by atoms with Crippen LogP contribution in [0, 0.1) is 0 Å². The zero-order chi connectivity index (χ0) is 24.5. The Balaban J connectivity index is 1.51. The van der Waals surface area contributed by atoms with Gasteiger partial charge in [-0.2, -0.15) is 0 Å². The standard InChI is InChI=1S/C29H26N4O3/c34-29(35)23-6-2-3-7-26(23)31-28-21(19-32-13-15-36-16-14-32)18-30-25-10-9-22(17-24(25)28)33-12-11-20-5-1-4-8-27(20)33/h1-12,17-18H,13-16,19H2,(H,30,31)(H,34,35). The van der Waals surface area contributed by atoms with Crippen molar-refractivity contribution in [2.24, 2.45) is 0 Å². The van der Waals surface area contributed by atoms with Crippen molar-refractivity contribution in [2.75, 3.05) is 31.6 Å². The third kappa shape index (κ3) is 4.19. The van der Waals surface area contributed by atoms with Crippen molar-refractivity contribution in [3.05, 3.63) is 96.3 Å². The third-order valence-corrected chi connectivity index (χ3v) is 6.72. The Morgan fingerprint density at radius 1 is 1.00 bits per heavy atom. The number of fused-ring (bicyclic) bond motifs is 2. The van der Waals surface area contributed by atoms with Crippen molar-refractivity contribution in [3.63, 3.8) is 0 Å². The molecule has 0 bridgehead atoms. The highest BCUT2D eigenvalue weighted by Gasteiger charge is 2.18. The first-order valence-corrected chi connectivity index (χ1v) is 12.0. The van der Waals surface area contributed by atoms with Crippen LogP contribution in [0.25, 0.3) is 27.5 Å². The van der Waals surface area contributed by atoms with Crippen LogP contribution in [-0.2, 0) is 11.3 Å². The molecular weight excluding hydrogens is 452 g/mol. The average Bonchev–Trinajstić information content (AvgIpc) is 3.35. The number of anilines is 2. The summed E-state index contributed by atoms with van der Waals surface area (Å²) in [5.74, 6) is -0.967. The number of ether oxygens (including phenoxy) is 1. The summed E-state index contributed by atoms with van der Waals surface area (Å²) in [5.41, 5.74) is 5.65. The molecule has 1 fully saturated rings. The van der Waals surface area contributed by atoms with Crippen molar-refractivity contribution < 1.29 is 14.6 Å². The summed E-state index contributed by atoms with van der Waals surface area (Å²) in [6.07, 6.45) is 3.97. The molecule has 7 nitrogen and oxygen atoms in total. The Labute approximate surface area is 208 Å². The minimum atomic E-state index is -0.967. The van der Waals surface area contributed by atoms with Crippen molar-refractivity contribution in [1.29, 1.82) is 0 Å². The molecular formula is C29H26N4O3. The van der Waals surface area contributed by atoms with Crippen LogP contribution in [0.5, 0.6) is 0 Å². The van der Waals surface area contributed by atoms with Crippen LogP contribution in [0.15, 0.2) is 85.2 Å². The zero-order valence-electron chi connectivity index (χ0n) is 19.7. The van der Waals surface area contributed by atoms with Gasteiger partial charge in [0, 0.05) is 48.7 Å². The lowest BCUT2D eigenvalue weighted by atomic mass is 10.1. The Kier molecular flexibility index (Phi) is 5.85. The van der Waals surface area contributed by atoms with E-state index in [1.54, 1.807) is 18.2 Å². The number of carboxylic acid groups (broad SMARTS) is 1. The predicted octanol–water partition coefficient (Wildman–Crippen LogP) is 5.45. The van der Waals surface area contributed by atoms with Gasteiger partial charge in [0.25, 0.3) is 0 Å². The summed E-state index contributed by atoms with van der Waals surface area (Å²) in [7, 11) is 0. The predicted molar refractivity (Wildman–Crippen MR) is 141 cm³/mol. The van der Waals surface area contributed by atoms with Crippen molar-refractivity contribution >= 4 is 39.1 Å². The minimum absolute atomic E-state index is 0.229. The first-order chi connectivity index (χ1) is 17.7. The number of pyridine rings is 1. The molecule has 0 unspecified atom stereocenters. The van der Waals surface area contributed by atoms with Gasteiger partial charge in [0.2, 0.25) is 0 Å². The number of morpholine rings is 1. The molecule has 0 saturated carbocycles. The van der Waals surface area contributed by atoms with Crippen molar-refractivity contribution in [2.45, 2.75) is 6.54 Å². The van der Waals surface area contributed by atoms with E-state index >= 15 is 0 Å². The van der Waals surface area contributed by atoms with E-state index in [1.807, 2.05) is 30.5 Å². The fraction of sp³-hybridized carbons (Fsp3) is 0.172. The summed E-state index contributed by atoms with van der Waals surface area (Å²) < 4.78 is 7.69. The molecule has 5 aromatic rings. The highest BCUT2D eigenvalue weighted by Crippen LogP contribution is 2.33. The van der Waals surface area contributed by atoms with E-state index in [0.29, 0.717) is 25.4 Å². The molecule has 36 heavy (non-hydrogen) atoms. The summed E-state index contributed by atoms with van der Waals surface area (Å²) in [6.45, 7) is 3.80. The molecule has 0 spiro atoms. The van der Waals surface area contributed by atoms with Crippen LogP contribution in [0.2, 0.25) is 0 Å². The Bertz CT molecular complexity index is 1570. The second-order valence-electron chi connectivity index (χ2n) is 8.97. The third-order valence-electron chi connectivity index (χ3n) is 6.72. The van der Waals surface area contributed by atoms with Crippen LogP contribution < -0.4 is 5.32 Å². The summed E-state index contributed by atoms with van der Waals surface area (Å²) >= 11 is 0. The van der Waals surface area contributed by atoms with Crippen LogP contribution in [0.3, 0.4) is 0 Å². The molecule has 7 heteroatoms. The van der Waals surface area contributed by atoms with Gasteiger partial charge in [0.15, 0.2) is 0 Å². The Morgan fingerprint density at radius 2 is 1.81 bits per heavy atom. The molecule has 1 aliphatic heterocycles. The fourth-order valence-electron chi connectivity index (χ4n) is 4.86. The maximum atomic E-state index is 11.9. The largest absolute Gasteiger partial charge is 0.478 e. The minimum Gasteiger partial charge on any atom is -0.478 e. The molecule has 0 amide bonds. The summed E-state index contributed by atoms with van der Waals surface area (Å²) in [5, 5.41) is 15.4. The van der Waals surface area contributed by atoms with E-state index in [9.17, 15) is 9.90 Å². The van der Waals surface area contributed by atoms with Crippen LogP contribution in [0.4, 0.5) is 11.4 Å². The number of carboxylic acids is 1. The maximum absolute atomic E-state index is 11.9. The molecule has 2 N–H and O–H groups in total. The smallest absolute Gasteiger partial charge is 0.337 e. The lowest BCUT2D eigenvalue weighted by molar-refractivity contribution is 0.0342. The number of carbonyl (C=O) groups is 1. The quantitative estimate of drug-likeness (QED) is 0.338. The molecule has 3 heterocycles. The van der Waals surface area contributed by atoms with E-state index in [-0.39, 0.29) is 5.56 Å². The number of aromatic carboxylic acids is 1. The van der Waals surface area contributed by atoms with Gasteiger partial charge in [-0.15, -0.1) is 0 Å². The second-order valence-corrected chi connectivity index (χ2v) is 8.97. The van der Waals surface area contributed by atoms with Crippen molar-refractivity contribution in [3.8, 4) is 5.69 Å². The number of nitrogens with one attached hydrogen (secondary N) is 1. The van der Waals surface area contributed by atoms with Gasteiger partial charge in [-0.1, -0.05) is 30.3 Å². The Morgan fingerprint density at radius 3 is 2.67 bits per heavy atom. The highest BCUT2D eigenvalue weighted by atomic mass is 16.5. The van der Waals surface area contributed by atoms with E-state index in [4.69, 9.17) is 9.72 Å². The topological polar surface area (TPSA) is 79.6 Å². The highest BCUT2D eigenvalue weighted by molar-refractivity contribution is 6.00. The van der Waals surface area contributed by atoms with Crippen LogP contribution >= 0.6 is 0 Å². The SMILES string of the molecule is O=C(O)c1ccccc1Nc1c(CN2CCOCC2)cnc2ccc(-n3ccc4ccccc43)cc12. The monoisotopic (exact) mass is 478 g/mol. The van der Waals surface area contributed by atoms with E-state index in [0.717, 1.165) is 46.4 Å².